The van der Waals surface area contributed by atoms with Crippen molar-refractivity contribution in [3.05, 3.63) is 35.5 Å². The first-order valence-electron chi connectivity index (χ1n) is 4.02. The zero-order valence-electron chi connectivity index (χ0n) is 7.20. The third-order valence-electron chi connectivity index (χ3n) is 2.05. The number of fused-ring (bicyclic) bond motifs is 1. The van der Waals surface area contributed by atoms with Crippen LogP contribution in [-0.2, 0) is 4.79 Å². The first-order valence-corrected chi connectivity index (χ1v) is 4.02. The summed E-state index contributed by atoms with van der Waals surface area (Å²) in [4.78, 5) is 24.4. The van der Waals surface area contributed by atoms with E-state index >= 15 is 0 Å². The standard InChI is InChI=1S/C10H7N2O2/c11-10(14)9-6-3-1-2-4-7(6)12-8(9)5-13/h1-4,12H,(H2,11,14). The highest BCUT2D eigenvalue weighted by Gasteiger charge is 2.15. The molecule has 4 nitrogen and oxygen atoms in total. The van der Waals surface area contributed by atoms with Crippen molar-refractivity contribution in [2.45, 2.75) is 0 Å². The predicted molar refractivity (Wildman–Crippen MR) is 51.6 cm³/mol. The van der Waals surface area contributed by atoms with E-state index in [0.29, 0.717) is 10.9 Å². The van der Waals surface area contributed by atoms with E-state index in [0.717, 1.165) is 0 Å². The third-order valence-corrected chi connectivity index (χ3v) is 2.05. The average Bonchev–Trinajstić information content (AvgIpc) is 2.55. The molecule has 0 aliphatic heterocycles. The van der Waals surface area contributed by atoms with Crippen LogP contribution in [0.3, 0.4) is 0 Å². The van der Waals surface area contributed by atoms with Gasteiger partial charge in [-0.3, -0.25) is 9.59 Å². The van der Waals surface area contributed by atoms with E-state index in [1.807, 2.05) is 0 Å². The molecule has 2 aromatic rings. The number of carbonyl (C=O) groups excluding carboxylic acids is 2. The van der Waals surface area contributed by atoms with E-state index in [1.54, 1.807) is 30.6 Å². The maximum atomic E-state index is 11.1. The molecule has 4 heteroatoms. The van der Waals surface area contributed by atoms with Gasteiger partial charge in [0.05, 0.1) is 5.56 Å². The summed E-state index contributed by atoms with van der Waals surface area (Å²) in [5, 5.41) is 0.651. The molecular weight excluding hydrogens is 180 g/mol. The molecule has 69 valence electrons. The highest BCUT2D eigenvalue weighted by Crippen LogP contribution is 2.20. The summed E-state index contributed by atoms with van der Waals surface area (Å²) in [6.45, 7) is 0. The Kier molecular flexibility index (Phi) is 1.81. The third kappa shape index (κ3) is 1.08. The van der Waals surface area contributed by atoms with Crippen LogP contribution in [0.1, 0.15) is 16.1 Å². The Bertz CT molecular complexity index is 514. The maximum Gasteiger partial charge on any atom is 0.252 e. The Morgan fingerprint density at radius 3 is 2.71 bits per heavy atom. The number of hydrogen-bond acceptors (Lipinski definition) is 2. The molecule has 14 heavy (non-hydrogen) atoms. The van der Waals surface area contributed by atoms with Crippen molar-refractivity contribution in [2.75, 3.05) is 0 Å². The van der Waals surface area contributed by atoms with Crippen LogP contribution >= 0.6 is 0 Å². The first kappa shape index (κ1) is 8.50. The molecule has 2 rings (SSSR count). The molecule has 0 saturated carbocycles. The van der Waals surface area contributed by atoms with Crippen molar-refractivity contribution in [3.63, 3.8) is 0 Å². The lowest BCUT2D eigenvalue weighted by Crippen LogP contribution is -2.12. The van der Waals surface area contributed by atoms with Gasteiger partial charge in [-0.2, -0.15) is 0 Å². The molecule has 1 amide bonds. The molecule has 0 atom stereocenters. The van der Waals surface area contributed by atoms with E-state index in [2.05, 4.69) is 4.98 Å². The number of rotatable bonds is 2. The van der Waals surface area contributed by atoms with E-state index in [1.165, 1.54) is 0 Å². The summed E-state index contributed by atoms with van der Waals surface area (Å²) in [5.41, 5.74) is 6.19. The monoisotopic (exact) mass is 187 g/mol. The summed E-state index contributed by atoms with van der Waals surface area (Å²) < 4.78 is 0. The fourth-order valence-electron chi connectivity index (χ4n) is 1.47. The number of benzene rings is 1. The van der Waals surface area contributed by atoms with Crippen LogP contribution in [0.15, 0.2) is 24.3 Å². The Morgan fingerprint density at radius 2 is 2.07 bits per heavy atom. The van der Waals surface area contributed by atoms with Gasteiger partial charge in [0.1, 0.15) is 5.69 Å². The van der Waals surface area contributed by atoms with Gasteiger partial charge in [-0.15, -0.1) is 0 Å². The molecule has 1 radical (unpaired) electrons. The molecule has 3 N–H and O–H groups in total. The quantitative estimate of drug-likeness (QED) is 0.726. The van der Waals surface area contributed by atoms with Crippen LogP contribution in [0.25, 0.3) is 10.9 Å². The zero-order chi connectivity index (χ0) is 10.1. The highest BCUT2D eigenvalue weighted by atomic mass is 16.1. The summed E-state index contributed by atoms with van der Waals surface area (Å²) in [6, 6.07) is 7.07. The second kappa shape index (κ2) is 2.99. The van der Waals surface area contributed by atoms with Crippen LogP contribution in [0.2, 0.25) is 0 Å². The minimum atomic E-state index is -0.624. The number of para-hydroxylation sites is 1. The molecule has 0 unspecified atom stereocenters. The number of nitrogens with one attached hydrogen (secondary N) is 1. The topological polar surface area (TPSA) is 76.0 Å². The van der Waals surface area contributed by atoms with E-state index in [9.17, 15) is 9.59 Å². The maximum absolute atomic E-state index is 11.1. The zero-order valence-corrected chi connectivity index (χ0v) is 7.20. The van der Waals surface area contributed by atoms with Gasteiger partial charge >= 0.3 is 0 Å². The summed E-state index contributed by atoms with van der Waals surface area (Å²) in [6.07, 6.45) is 1.66. The predicted octanol–water partition coefficient (Wildman–Crippen LogP) is 0.725. The smallest absolute Gasteiger partial charge is 0.252 e. The Labute approximate surface area is 79.7 Å². The molecule has 0 spiro atoms. The summed E-state index contributed by atoms with van der Waals surface area (Å²) in [5.74, 6) is -0.624. The number of aromatic amines is 1. The number of carbonyl (C=O) groups is 1. The number of H-pyrrole nitrogens is 1. The lowest BCUT2D eigenvalue weighted by molar-refractivity contribution is 0.100. The van der Waals surface area contributed by atoms with Gasteiger partial charge in [0.15, 0.2) is 0 Å². The minimum absolute atomic E-state index is 0.110. The van der Waals surface area contributed by atoms with Crippen LogP contribution in [-0.4, -0.2) is 17.2 Å². The van der Waals surface area contributed by atoms with Crippen molar-refractivity contribution in [2.24, 2.45) is 5.73 Å². The molecule has 1 aromatic heterocycles. The molecule has 0 fully saturated rings. The second-order valence-corrected chi connectivity index (χ2v) is 2.89. The number of aromatic nitrogens is 1. The molecule has 0 aliphatic rings. The van der Waals surface area contributed by atoms with Crippen LogP contribution in [0, 0.1) is 0 Å². The van der Waals surface area contributed by atoms with Gasteiger partial charge in [0, 0.05) is 10.9 Å². The Morgan fingerprint density at radius 1 is 1.36 bits per heavy atom. The molecule has 1 heterocycles. The van der Waals surface area contributed by atoms with Crippen molar-refractivity contribution in [3.8, 4) is 0 Å². The number of amides is 1. The molecule has 0 saturated heterocycles. The van der Waals surface area contributed by atoms with E-state index < -0.39 is 5.91 Å². The van der Waals surface area contributed by atoms with Gasteiger partial charge in [-0.25, -0.2) is 0 Å². The van der Waals surface area contributed by atoms with Gasteiger partial charge in [-0.1, -0.05) is 18.2 Å². The SMILES string of the molecule is NC(=O)c1c([C]=O)[nH]c2ccccc12. The first-order chi connectivity index (χ1) is 6.74. The minimum Gasteiger partial charge on any atom is -0.366 e. The van der Waals surface area contributed by atoms with Gasteiger partial charge in [-0.05, 0) is 6.07 Å². The molecular formula is C10H7N2O2. The highest BCUT2D eigenvalue weighted by molar-refractivity contribution is 6.11. The van der Waals surface area contributed by atoms with Gasteiger partial charge < -0.3 is 10.7 Å². The normalized spacial score (nSPS) is 10.3. The van der Waals surface area contributed by atoms with Crippen molar-refractivity contribution in [1.82, 2.24) is 4.98 Å². The fourth-order valence-corrected chi connectivity index (χ4v) is 1.47. The Balaban J connectivity index is 2.87. The lowest BCUT2D eigenvalue weighted by atomic mass is 10.1. The van der Waals surface area contributed by atoms with Crippen LogP contribution in [0.5, 0.6) is 0 Å². The lowest BCUT2D eigenvalue weighted by Gasteiger charge is -1.91. The van der Waals surface area contributed by atoms with Crippen molar-refractivity contribution >= 4 is 23.1 Å². The average molecular weight is 187 g/mol. The van der Waals surface area contributed by atoms with Crippen molar-refractivity contribution < 1.29 is 9.59 Å². The van der Waals surface area contributed by atoms with Crippen molar-refractivity contribution in [1.29, 1.82) is 0 Å². The van der Waals surface area contributed by atoms with Gasteiger partial charge in [0.25, 0.3) is 12.2 Å². The van der Waals surface area contributed by atoms with E-state index in [-0.39, 0.29) is 11.3 Å². The Hall–Kier alpha value is -2.10. The summed E-state index contributed by atoms with van der Waals surface area (Å²) in [7, 11) is 0. The van der Waals surface area contributed by atoms with Gasteiger partial charge in [0.2, 0.25) is 0 Å². The van der Waals surface area contributed by atoms with E-state index in [4.69, 9.17) is 5.73 Å². The molecule has 1 aromatic carbocycles. The summed E-state index contributed by atoms with van der Waals surface area (Å²) >= 11 is 0. The largest absolute Gasteiger partial charge is 0.366 e. The fraction of sp³-hybridized carbons (Fsp3) is 0. The number of hydrogen-bond donors (Lipinski definition) is 2. The molecule has 0 bridgehead atoms. The van der Waals surface area contributed by atoms with Crippen LogP contribution in [0.4, 0.5) is 0 Å². The number of primary amides is 1. The van der Waals surface area contributed by atoms with Crippen LogP contribution < -0.4 is 5.73 Å². The molecule has 0 aliphatic carbocycles. The second-order valence-electron chi connectivity index (χ2n) is 2.89. The number of nitrogens with two attached hydrogens (primary N) is 1.